The molecule has 0 spiro atoms. The third-order valence-electron chi connectivity index (χ3n) is 13.0. The van der Waals surface area contributed by atoms with E-state index in [4.69, 9.17) is 18.9 Å². The Labute approximate surface area is 392 Å². The minimum Gasteiger partial charge on any atom is -0.507 e. The first kappa shape index (κ1) is 44.6. The summed E-state index contributed by atoms with van der Waals surface area (Å²) >= 11 is 0. The van der Waals surface area contributed by atoms with Gasteiger partial charge in [-0.05, 0) is 95.1 Å². The van der Waals surface area contributed by atoms with Crippen molar-refractivity contribution in [2.24, 2.45) is 0 Å². The maximum absolute atomic E-state index is 12.0. The highest BCUT2D eigenvalue weighted by molar-refractivity contribution is 5.67. The molecule has 0 fully saturated rings. The number of fused-ring (bicyclic) bond motifs is 8. The summed E-state index contributed by atoms with van der Waals surface area (Å²) in [4.78, 5) is 0. The van der Waals surface area contributed by atoms with Crippen LogP contribution in [0.25, 0.3) is 0 Å². The number of methoxy groups -OCH3 is 4. The maximum Gasteiger partial charge on any atom is 0.123 e. The Balaban J connectivity index is 1.46. The first-order valence-electron chi connectivity index (χ1n) is 21.6. The second kappa shape index (κ2) is 18.0. The third-order valence-corrected chi connectivity index (χ3v) is 13.0. The number of rotatable bonds is 8. The molecule has 8 N–H and O–H groups in total. The molecule has 68 heavy (non-hydrogen) atoms. The number of phenols is 8. The second-order valence-corrected chi connectivity index (χ2v) is 16.7. The molecular formula is C56H48O12. The molecule has 9 rings (SSSR count). The number of aromatic hydroxyl groups is 8. The van der Waals surface area contributed by atoms with Gasteiger partial charge in [0.25, 0.3) is 0 Å². The third kappa shape index (κ3) is 7.95. The van der Waals surface area contributed by atoms with Crippen LogP contribution in [-0.4, -0.2) is 69.3 Å². The van der Waals surface area contributed by atoms with Crippen molar-refractivity contribution in [2.75, 3.05) is 28.4 Å². The van der Waals surface area contributed by atoms with Gasteiger partial charge in [-0.1, -0.05) is 48.5 Å². The number of benzene rings is 8. The van der Waals surface area contributed by atoms with Gasteiger partial charge in [0.2, 0.25) is 0 Å². The van der Waals surface area contributed by atoms with E-state index < -0.39 is 23.7 Å². The Hall–Kier alpha value is -8.64. The molecule has 8 aromatic rings. The van der Waals surface area contributed by atoms with Gasteiger partial charge in [0.1, 0.15) is 69.0 Å². The quantitative estimate of drug-likeness (QED) is 0.0719. The lowest BCUT2D eigenvalue weighted by atomic mass is 9.75. The molecule has 12 nitrogen and oxygen atoms in total. The summed E-state index contributed by atoms with van der Waals surface area (Å²) in [5.74, 6) is -4.55. The van der Waals surface area contributed by atoms with Crippen molar-refractivity contribution >= 4 is 0 Å². The molecule has 1 aliphatic carbocycles. The molecule has 8 bridgehead atoms. The summed E-state index contributed by atoms with van der Waals surface area (Å²) in [7, 11) is 6.13. The molecule has 12 heteroatoms. The monoisotopic (exact) mass is 912 g/mol. The highest BCUT2D eigenvalue weighted by Crippen LogP contribution is 2.54. The van der Waals surface area contributed by atoms with Gasteiger partial charge >= 0.3 is 0 Å². The van der Waals surface area contributed by atoms with Crippen LogP contribution < -0.4 is 18.9 Å². The fourth-order valence-electron chi connectivity index (χ4n) is 9.59. The Kier molecular flexibility index (Phi) is 11.8. The van der Waals surface area contributed by atoms with Crippen molar-refractivity contribution in [2.45, 2.75) is 23.7 Å². The minimum absolute atomic E-state index is 0.228. The van der Waals surface area contributed by atoms with Gasteiger partial charge in [-0.2, -0.15) is 0 Å². The van der Waals surface area contributed by atoms with Crippen LogP contribution >= 0.6 is 0 Å². The zero-order valence-corrected chi connectivity index (χ0v) is 37.4. The van der Waals surface area contributed by atoms with Crippen LogP contribution in [0.2, 0.25) is 0 Å². The first-order valence-corrected chi connectivity index (χ1v) is 21.6. The molecule has 0 radical (unpaired) electrons. The lowest BCUT2D eigenvalue weighted by Gasteiger charge is -2.29. The zero-order chi connectivity index (χ0) is 48.0. The van der Waals surface area contributed by atoms with Gasteiger partial charge < -0.3 is 59.8 Å². The molecule has 0 heterocycles. The van der Waals surface area contributed by atoms with E-state index in [1.54, 1.807) is 121 Å². The lowest BCUT2D eigenvalue weighted by Crippen LogP contribution is -2.13. The van der Waals surface area contributed by atoms with E-state index in [1.807, 2.05) is 0 Å². The molecule has 0 saturated heterocycles. The summed E-state index contributed by atoms with van der Waals surface area (Å²) in [5.41, 5.74) is 4.10. The minimum atomic E-state index is -1.01. The molecule has 0 unspecified atom stereocenters. The van der Waals surface area contributed by atoms with Crippen LogP contribution in [0.5, 0.6) is 69.0 Å². The molecule has 344 valence electrons. The van der Waals surface area contributed by atoms with Gasteiger partial charge in [-0.3, -0.25) is 0 Å². The fourth-order valence-corrected chi connectivity index (χ4v) is 9.59. The normalized spacial score (nSPS) is 16.4. The van der Waals surface area contributed by atoms with E-state index in [9.17, 15) is 40.9 Å². The Bertz CT molecular complexity index is 2620. The van der Waals surface area contributed by atoms with E-state index in [0.29, 0.717) is 45.3 Å². The standard InChI is InChI=1S/C56H48O12/c1-65-33-13-5-29(6-14-33)53-37-21-39(47(59)25-45(37)57)54(30-7-15-34(66-2)16-8-30)41-23-43(51(63)27-49(41)61)56(32-11-19-36(68-4)20-12-32)44-24-42(50(62)28-52(44)64)55(31-9-17-35(67-3)18-10-31)40-22-38(53)46(58)26-48(40)60/h5-28,53-64H,1-4H3. The van der Waals surface area contributed by atoms with Crippen molar-refractivity contribution < 1.29 is 59.8 Å². The molecular weight excluding hydrogens is 865 g/mol. The molecule has 0 amide bonds. The number of hydrogen-bond acceptors (Lipinski definition) is 12. The van der Waals surface area contributed by atoms with Crippen molar-refractivity contribution in [3.63, 3.8) is 0 Å². The Morgan fingerprint density at radius 3 is 0.515 bits per heavy atom. The van der Waals surface area contributed by atoms with E-state index in [0.717, 1.165) is 0 Å². The highest BCUT2D eigenvalue weighted by Gasteiger charge is 2.35. The molecule has 0 atom stereocenters. The smallest absolute Gasteiger partial charge is 0.123 e. The largest absolute Gasteiger partial charge is 0.507 e. The number of phenolic OH excluding ortho intramolecular Hbond substituents is 8. The number of ether oxygens (including phenoxy) is 4. The van der Waals surface area contributed by atoms with Crippen LogP contribution in [0, 0.1) is 0 Å². The van der Waals surface area contributed by atoms with Crippen molar-refractivity contribution in [1.82, 2.24) is 0 Å². The lowest BCUT2D eigenvalue weighted by molar-refractivity contribution is 0.414. The van der Waals surface area contributed by atoms with Crippen molar-refractivity contribution in [1.29, 1.82) is 0 Å². The first-order chi connectivity index (χ1) is 32.8. The van der Waals surface area contributed by atoms with Gasteiger partial charge in [0, 0.05) is 92.4 Å². The van der Waals surface area contributed by atoms with E-state index in [-0.39, 0.29) is 90.5 Å². The van der Waals surface area contributed by atoms with Gasteiger partial charge in [-0.25, -0.2) is 0 Å². The van der Waals surface area contributed by atoms with Crippen LogP contribution in [0.1, 0.15) is 90.4 Å². The van der Waals surface area contributed by atoms with Gasteiger partial charge in [0.15, 0.2) is 0 Å². The molecule has 1 aliphatic rings. The van der Waals surface area contributed by atoms with Gasteiger partial charge in [-0.15, -0.1) is 0 Å². The highest BCUT2D eigenvalue weighted by atomic mass is 16.5. The predicted octanol–water partition coefficient (Wildman–Crippen LogP) is 10.4. The van der Waals surface area contributed by atoms with E-state index in [2.05, 4.69) is 0 Å². The van der Waals surface area contributed by atoms with Crippen LogP contribution in [-0.2, 0) is 0 Å². The summed E-state index contributed by atoms with van der Waals surface area (Å²) in [5, 5.41) is 96.3. The van der Waals surface area contributed by atoms with Crippen LogP contribution in [0.15, 0.2) is 146 Å². The van der Waals surface area contributed by atoms with Crippen molar-refractivity contribution in [3.05, 3.63) is 212 Å². The summed E-state index contributed by atoms with van der Waals surface area (Å²) in [6, 6.07) is 39.3. The maximum atomic E-state index is 12.0. The SMILES string of the molecule is COc1ccc(C2c3cc(c(O)cc3O)C(c3ccc(OC)cc3)c3cc(c(O)cc3O)C(c3ccc(OC)cc3)c3cc(c(O)cc3O)C(c3ccc(OC)cc3)c3cc2c(O)cc3O)cc1. The topological polar surface area (TPSA) is 199 Å². The van der Waals surface area contributed by atoms with E-state index in [1.165, 1.54) is 52.7 Å². The van der Waals surface area contributed by atoms with Crippen LogP contribution in [0.4, 0.5) is 0 Å². The molecule has 0 aromatic heterocycles. The zero-order valence-electron chi connectivity index (χ0n) is 37.4. The molecule has 8 aromatic carbocycles. The van der Waals surface area contributed by atoms with Crippen LogP contribution in [0.3, 0.4) is 0 Å². The second-order valence-electron chi connectivity index (χ2n) is 16.7. The van der Waals surface area contributed by atoms with Gasteiger partial charge in [0.05, 0.1) is 28.4 Å². The number of hydrogen-bond donors (Lipinski definition) is 8. The van der Waals surface area contributed by atoms with E-state index >= 15 is 0 Å². The average Bonchev–Trinajstić information content (AvgIpc) is 3.34. The molecule has 0 aliphatic heterocycles. The Morgan fingerprint density at radius 1 is 0.235 bits per heavy atom. The fraction of sp³-hybridized carbons (Fsp3) is 0.143. The summed E-state index contributed by atoms with van der Waals surface area (Å²) in [6.07, 6.45) is 0. The van der Waals surface area contributed by atoms with Crippen molar-refractivity contribution in [3.8, 4) is 69.0 Å². The Morgan fingerprint density at radius 2 is 0.382 bits per heavy atom. The molecule has 0 saturated carbocycles. The summed E-state index contributed by atoms with van der Waals surface area (Å²) < 4.78 is 22.0. The summed E-state index contributed by atoms with van der Waals surface area (Å²) in [6.45, 7) is 0. The average molecular weight is 913 g/mol. The predicted molar refractivity (Wildman–Crippen MR) is 255 cm³/mol.